The van der Waals surface area contributed by atoms with Crippen LogP contribution in [0.25, 0.3) is 0 Å². The number of methoxy groups -OCH3 is 1. The van der Waals surface area contributed by atoms with Crippen molar-refractivity contribution in [1.29, 1.82) is 0 Å². The fourth-order valence-electron chi connectivity index (χ4n) is 5.86. The highest BCUT2D eigenvalue weighted by atomic mass is 79.9. The number of carbonyl (C=O) groups excluding carboxylic acids is 2. The monoisotopic (exact) mass is 550 g/mol. The summed E-state index contributed by atoms with van der Waals surface area (Å²) in [6, 6.07) is 6.05. The van der Waals surface area contributed by atoms with Gasteiger partial charge in [0, 0.05) is 30.2 Å². The summed E-state index contributed by atoms with van der Waals surface area (Å²) in [7, 11) is 1.56. The number of amides is 2. The number of alkyl halides is 1. The number of carboxylic acids is 1. The summed E-state index contributed by atoms with van der Waals surface area (Å²) in [6.45, 7) is 4.33. The third kappa shape index (κ3) is 4.25. The first-order chi connectivity index (χ1) is 16.8. The number of aliphatic hydroxyl groups excluding tert-OH is 1. The van der Waals surface area contributed by atoms with Gasteiger partial charge in [0.2, 0.25) is 5.91 Å². The van der Waals surface area contributed by atoms with E-state index in [0.29, 0.717) is 37.1 Å². The van der Waals surface area contributed by atoms with Crippen LogP contribution in [0.15, 0.2) is 36.9 Å². The molecule has 6 atom stereocenters. The third-order valence-electron chi connectivity index (χ3n) is 7.33. The summed E-state index contributed by atoms with van der Waals surface area (Å²) in [5, 5.41) is 19.1. The number of carboxylic acid groups (broad SMARTS) is 1. The molecule has 3 heterocycles. The first-order valence-corrected chi connectivity index (χ1v) is 12.7. The molecule has 0 aliphatic carbocycles. The highest BCUT2D eigenvalue weighted by Gasteiger charge is 2.76. The smallest absolute Gasteiger partial charge is 0.310 e. The van der Waals surface area contributed by atoms with Crippen molar-refractivity contribution in [2.75, 3.05) is 31.7 Å². The minimum absolute atomic E-state index is 0.0462. The lowest BCUT2D eigenvalue weighted by Crippen LogP contribution is -2.57. The van der Waals surface area contributed by atoms with Crippen molar-refractivity contribution >= 4 is 39.4 Å². The van der Waals surface area contributed by atoms with Gasteiger partial charge in [0.15, 0.2) is 0 Å². The van der Waals surface area contributed by atoms with Crippen LogP contribution >= 0.6 is 15.9 Å². The van der Waals surface area contributed by atoms with E-state index in [9.17, 15) is 19.5 Å². The lowest BCUT2D eigenvalue weighted by Gasteiger charge is -2.37. The molecule has 0 saturated carbocycles. The van der Waals surface area contributed by atoms with Crippen molar-refractivity contribution in [3.63, 3.8) is 0 Å². The van der Waals surface area contributed by atoms with Crippen molar-refractivity contribution in [3.05, 3.63) is 36.9 Å². The van der Waals surface area contributed by atoms with E-state index in [0.717, 1.165) is 0 Å². The summed E-state index contributed by atoms with van der Waals surface area (Å²) in [4.78, 5) is 42.9. The quantitative estimate of drug-likeness (QED) is 0.246. The summed E-state index contributed by atoms with van der Waals surface area (Å²) in [5.41, 5.74) is -0.611. The zero-order valence-electron chi connectivity index (χ0n) is 19.6. The van der Waals surface area contributed by atoms with Crippen LogP contribution in [0, 0.1) is 11.8 Å². The van der Waals surface area contributed by atoms with Crippen LogP contribution in [0.5, 0.6) is 5.75 Å². The number of hydrogen-bond acceptors (Lipinski definition) is 6. The Morgan fingerprint density at radius 1 is 1.31 bits per heavy atom. The van der Waals surface area contributed by atoms with Crippen LogP contribution in [0.4, 0.5) is 5.69 Å². The summed E-state index contributed by atoms with van der Waals surface area (Å²) >= 11 is 3.55. The van der Waals surface area contributed by atoms with E-state index in [2.05, 4.69) is 22.5 Å². The molecule has 3 saturated heterocycles. The SMILES string of the molecule is C=CCN(C(=O)[C@H]1N(CCCCCO)C(=O)[C@@H]2[C@@H](C(=O)O)[C@@H]3O[C@@]21CC3Br)c1ccc(OC)cc1. The van der Waals surface area contributed by atoms with Gasteiger partial charge >= 0.3 is 5.97 Å². The van der Waals surface area contributed by atoms with Crippen LogP contribution in [0.3, 0.4) is 0 Å². The van der Waals surface area contributed by atoms with E-state index in [1.54, 1.807) is 42.4 Å². The Morgan fingerprint density at radius 3 is 2.63 bits per heavy atom. The van der Waals surface area contributed by atoms with Gasteiger partial charge in [-0.3, -0.25) is 14.4 Å². The average molecular weight is 551 g/mol. The lowest BCUT2D eigenvalue weighted by atomic mass is 9.70. The molecule has 1 aromatic carbocycles. The minimum Gasteiger partial charge on any atom is -0.497 e. The number of nitrogens with zero attached hydrogens (tertiary/aromatic N) is 2. The van der Waals surface area contributed by atoms with Gasteiger partial charge in [0.25, 0.3) is 5.91 Å². The molecule has 3 aliphatic heterocycles. The second kappa shape index (κ2) is 10.3. The predicted molar refractivity (Wildman–Crippen MR) is 132 cm³/mol. The van der Waals surface area contributed by atoms with Crippen LogP contribution in [0.2, 0.25) is 0 Å². The van der Waals surface area contributed by atoms with Crippen LogP contribution in [-0.4, -0.2) is 82.3 Å². The number of unbranched alkanes of at least 4 members (excludes halogenated alkanes) is 2. The number of ether oxygens (including phenoxy) is 2. The van der Waals surface area contributed by atoms with Crippen LogP contribution in [0.1, 0.15) is 25.7 Å². The molecule has 190 valence electrons. The first-order valence-electron chi connectivity index (χ1n) is 11.8. The molecule has 0 radical (unpaired) electrons. The molecule has 10 heteroatoms. The molecule has 3 fully saturated rings. The number of aliphatic hydroxyl groups is 1. The van der Waals surface area contributed by atoms with E-state index in [1.165, 1.54) is 4.90 Å². The van der Waals surface area contributed by atoms with Crippen molar-refractivity contribution in [2.24, 2.45) is 11.8 Å². The Bertz CT molecular complexity index is 987. The van der Waals surface area contributed by atoms with E-state index in [4.69, 9.17) is 14.6 Å². The number of halogens is 1. The number of benzene rings is 1. The average Bonchev–Trinajstić information content (AvgIpc) is 3.43. The molecule has 35 heavy (non-hydrogen) atoms. The highest BCUT2D eigenvalue weighted by Crippen LogP contribution is 2.60. The van der Waals surface area contributed by atoms with Crippen molar-refractivity contribution in [2.45, 2.75) is 48.3 Å². The molecule has 1 unspecified atom stereocenters. The van der Waals surface area contributed by atoms with E-state index in [-0.39, 0.29) is 36.3 Å². The Kier molecular flexibility index (Phi) is 7.54. The standard InChI is InChI=1S/C25H31BrN2O7/c1-3-11-27(15-7-9-16(34-2)10-8-15)23(31)21-25-14-17(26)20(35-25)18(24(32)33)19(25)22(30)28(21)12-5-4-6-13-29/h3,7-10,17-21,29H,1,4-6,11-14H2,2H3,(H,32,33)/t17?,18-,19+,20-,21-,25+/m1/s1. The predicted octanol–water partition coefficient (Wildman–Crippen LogP) is 2.21. The molecule has 9 nitrogen and oxygen atoms in total. The zero-order chi connectivity index (χ0) is 25.3. The van der Waals surface area contributed by atoms with Gasteiger partial charge in [-0.05, 0) is 49.9 Å². The molecular formula is C25H31BrN2O7. The maximum Gasteiger partial charge on any atom is 0.310 e. The largest absolute Gasteiger partial charge is 0.497 e. The summed E-state index contributed by atoms with van der Waals surface area (Å²) < 4.78 is 11.5. The van der Waals surface area contributed by atoms with Gasteiger partial charge in [-0.1, -0.05) is 22.0 Å². The van der Waals surface area contributed by atoms with E-state index >= 15 is 0 Å². The lowest BCUT2D eigenvalue weighted by molar-refractivity contribution is -0.149. The highest BCUT2D eigenvalue weighted by molar-refractivity contribution is 9.09. The Labute approximate surface area is 212 Å². The number of anilines is 1. The number of aliphatic carboxylic acids is 1. The van der Waals surface area contributed by atoms with Crippen molar-refractivity contribution < 1.29 is 34.1 Å². The van der Waals surface area contributed by atoms with Crippen LogP contribution < -0.4 is 9.64 Å². The fourth-order valence-corrected chi connectivity index (χ4v) is 6.81. The van der Waals surface area contributed by atoms with Gasteiger partial charge in [-0.15, -0.1) is 6.58 Å². The minimum atomic E-state index is -1.22. The second-order valence-corrected chi connectivity index (χ2v) is 10.4. The maximum absolute atomic E-state index is 14.2. The molecule has 0 aromatic heterocycles. The second-order valence-electron chi connectivity index (χ2n) is 9.25. The normalized spacial score (nSPS) is 30.9. The first kappa shape index (κ1) is 25.7. The Balaban J connectivity index is 1.74. The van der Waals surface area contributed by atoms with Gasteiger partial charge < -0.3 is 29.5 Å². The molecule has 1 spiro atoms. The van der Waals surface area contributed by atoms with Gasteiger partial charge in [-0.2, -0.15) is 0 Å². The maximum atomic E-state index is 14.2. The number of carbonyl (C=O) groups is 3. The van der Waals surface area contributed by atoms with Crippen molar-refractivity contribution in [3.8, 4) is 5.75 Å². The van der Waals surface area contributed by atoms with Gasteiger partial charge in [0.05, 0.1) is 25.0 Å². The molecule has 1 aromatic rings. The number of fused-ring (bicyclic) bond motifs is 1. The molecule has 3 aliphatic rings. The van der Waals surface area contributed by atoms with E-state index in [1.807, 2.05) is 0 Å². The van der Waals surface area contributed by atoms with Gasteiger partial charge in [0.1, 0.15) is 17.4 Å². The molecule has 2 bridgehead atoms. The molecule has 2 amide bonds. The van der Waals surface area contributed by atoms with Crippen LogP contribution in [-0.2, 0) is 19.1 Å². The number of rotatable bonds is 11. The molecule has 2 N–H and O–H groups in total. The van der Waals surface area contributed by atoms with E-state index < -0.39 is 35.6 Å². The summed E-state index contributed by atoms with van der Waals surface area (Å²) in [5.74, 6) is -3.08. The van der Waals surface area contributed by atoms with Crippen molar-refractivity contribution in [1.82, 2.24) is 4.90 Å². The zero-order valence-corrected chi connectivity index (χ0v) is 21.2. The summed E-state index contributed by atoms with van der Waals surface area (Å²) in [6.07, 6.45) is 3.15. The Morgan fingerprint density at radius 2 is 2.03 bits per heavy atom. The fraction of sp³-hybridized carbons (Fsp3) is 0.560. The third-order valence-corrected chi connectivity index (χ3v) is 8.17. The topological polar surface area (TPSA) is 117 Å². The molecular weight excluding hydrogens is 520 g/mol. The molecule has 4 rings (SSSR count). The Hall–Kier alpha value is -2.43. The number of likely N-dealkylation sites (tertiary alicyclic amines) is 1. The number of hydrogen-bond donors (Lipinski definition) is 2. The van der Waals surface area contributed by atoms with Gasteiger partial charge in [-0.25, -0.2) is 0 Å².